The van der Waals surface area contributed by atoms with E-state index >= 15 is 0 Å². The third kappa shape index (κ3) is 4.23. The number of halogens is 1. The number of carboxylic acid groups (broad SMARTS) is 1. The molecule has 92 valence electrons. The minimum Gasteiger partial charge on any atom is -0.497 e. The summed E-state index contributed by atoms with van der Waals surface area (Å²) < 4.78 is 5.43. The molecule has 17 heavy (non-hydrogen) atoms. The average Bonchev–Trinajstić information content (AvgIpc) is 2.31. The molecule has 1 rings (SSSR count). The molecule has 0 saturated heterocycles. The second kappa shape index (κ2) is 7.12. The van der Waals surface area contributed by atoms with E-state index in [4.69, 9.17) is 9.84 Å². The topological polar surface area (TPSA) is 46.5 Å². The minimum absolute atomic E-state index is 0.274. The third-order valence-corrected chi connectivity index (χ3v) is 2.82. The second-order valence-electron chi connectivity index (χ2n) is 3.44. The van der Waals surface area contributed by atoms with Crippen LogP contribution in [0.15, 0.2) is 41.7 Å². The summed E-state index contributed by atoms with van der Waals surface area (Å²) in [4.78, 5) is 11.1. The van der Waals surface area contributed by atoms with Crippen LogP contribution in [0.1, 0.15) is 12.5 Å². The van der Waals surface area contributed by atoms with Crippen molar-refractivity contribution in [3.8, 4) is 0 Å². The summed E-state index contributed by atoms with van der Waals surface area (Å²) in [6.07, 6.45) is 0.502. The Morgan fingerprint density at radius 2 is 2.00 bits per heavy atom. The fourth-order valence-corrected chi connectivity index (χ4v) is 2.00. The molecule has 0 aliphatic heterocycles. The van der Waals surface area contributed by atoms with Gasteiger partial charge in [0, 0.05) is 11.8 Å². The van der Waals surface area contributed by atoms with Gasteiger partial charge in [-0.3, -0.25) is 0 Å². The molecule has 0 aliphatic rings. The number of hydrogen-bond donors (Lipinski definition) is 1. The Bertz CT molecular complexity index is 398. The molecule has 0 aromatic heterocycles. The minimum atomic E-state index is -0.943. The first-order valence-corrected chi connectivity index (χ1v) is 6.49. The van der Waals surface area contributed by atoms with Crippen molar-refractivity contribution in [2.75, 3.05) is 11.9 Å². The van der Waals surface area contributed by atoms with Gasteiger partial charge in [-0.25, -0.2) is 4.79 Å². The normalized spacial score (nSPS) is 11.9. The van der Waals surface area contributed by atoms with Crippen molar-refractivity contribution >= 4 is 21.9 Å². The summed E-state index contributed by atoms with van der Waals surface area (Å²) in [5, 5.41) is 9.36. The van der Waals surface area contributed by atoms with E-state index in [2.05, 4.69) is 15.9 Å². The fourth-order valence-electron chi connectivity index (χ4n) is 1.45. The summed E-state index contributed by atoms with van der Waals surface area (Å²) in [7, 11) is 0. The maximum Gasteiger partial charge on any atom is 0.335 e. The standard InChI is InChI=1S/C13H15BrO3/c1-2-17-12(11(9-14)13(15)16)8-10-6-4-3-5-7-10/h3-7H,2,8-9H2,1H3,(H,15,16). The Morgan fingerprint density at radius 3 is 2.47 bits per heavy atom. The molecular formula is C13H15BrO3. The highest BCUT2D eigenvalue weighted by Crippen LogP contribution is 2.16. The first kappa shape index (κ1) is 13.8. The number of alkyl halides is 1. The lowest BCUT2D eigenvalue weighted by atomic mass is 10.1. The van der Waals surface area contributed by atoms with E-state index in [1.165, 1.54) is 0 Å². The summed E-state index contributed by atoms with van der Waals surface area (Å²) in [5.74, 6) is -0.427. The molecule has 0 radical (unpaired) electrons. The maximum absolute atomic E-state index is 11.1. The van der Waals surface area contributed by atoms with Gasteiger partial charge in [-0.1, -0.05) is 46.3 Å². The number of aliphatic carboxylic acids is 1. The lowest BCUT2D eigenvalue weighted by Crippen LogP contribution is -2.10. The van der Waals surface area contributed by atoms with E-state index in [1.807, 2.05) is 37.3 Å². The van der Waals surface area contributed by atoms with Crippen LogP contribution in [0.25, 0.3) is 0 Å². The van der Waals surface area contributed by atoms with Crippen molar-refractivity contribution in [1.82, 2.24) is 0 Å². The number of carboxylic acids is 1. The van der Waals surface area contributed by atoms with Gasteiger partial charge >= 0.3 is 5.97 Å². The molecule has 4 heteroatoms. The first-order valence-electron chi connectivity index (χ1n) is 5.37. The summed E-state index contributed by atoms with van der Waals surface area (Å²) in [5.41, 5.74) is 1.31. The van der Waals surface area contributed by atoms with Gasteiger partial charge in [0.15, 0.2) is 0 Å². The van der Waals surface area contributed by atoms with E-state index in [-0.39, 0.29) is 10.9 Å². The molecule has 0 spiro atoms. The smallest absolute Gasteiger partial charge is 0.335 e. The van der Waals surface area contributed by atoms with Gasteiger partial charge in [-0.05, 0) is 12.5 Å². The summed E-state index contributed by atoms with van der Waals surface area (Å²) in [6.45, 7) is 2.31. The van der Waals surface area contributed by atoms with Crippen molar-refractivity contribution in [3.63, 3.8) is 0 Å². The zero-order valence-corrected chi connectivity index (χ0v) is 11.2. The van der Waals surface area contributed by atoms with Gasteiger partial charge in [0.05, 0.1) is 12.2 Å². The van der Waals surface area contributed by atoms with Gasteiger partial charge in [0.1, 0.15) is 5.76 Å². The Balaban J connectivity index is 2.97. The molecular weight excluding hydrogens is 284 g/mol. The predicted molar refractivity (Wildman–Crippen MR) is 70.2 cm³/mol. The number of allylic oxidation sites excluding steroid dienone is 1. The summed E-state index contributed by atoms with van der Waals surface area (Å²) >= 11 is 3.18. The lowest BCUT2D eigenvalue weighted by Gasteiger charge is -2.12. The number of benzene rings is 1. The van der Waals surface area contributed by atoms with Crippen molar-refractivity contribution in [1.29, 1.82) is 0 Å². The highest BCUT2D eigenvalue weighted by atomic mass is 79.9. The van der Waals surface area contributed by atoms with Crippen LogP contribution < -0.4 is 0 Å². The molecule has 0 heterocycles. The van der Waals surface area contributed by atoms with E-state index < -0.39 is 5.97 Å². The van der Waals surface area contributed by atoms with Gasteiger partial charge in [0.25, 0.3) is 0 Å². The largest absolute Gasteiger partial charge is 0.497 e. The number of rotatable bonds is 6. The summed E-state index contributed by atoms with van der Waals surface area (Å²) in [6, 6.07) is 9.68. The van der Waals surface area contributed by atoms with Crippen molar-refractivity contribution < 1.29 is 14.6 Å². The van der Waals surface area contributed by atoms with Gasteiger partial charge in [-0.15, -0.1) is 0 Å². The fraction of sp³-hybridized carbons (Fsp3) is 0.308. The SMILES string of the molecule is CCOC(Cc1ccccc1)=C(CBr)C(=O)O. The van der Waals surface area contributed by atoms with Crippen LogP contribution in [0, 0.1) is 0 Å². The molecule has 0 atom stereocenters. The van der Waals surface area contributed by atoms with Crippen molar-refractivity contribution in [2.45, 2.75) is 13.3 Å². The molecule has 1 aromatic rings. The Morgan fingerprint density at radius 1 is 1.35 bits per heavy atom. The van der Waals surface area contributed by atoms with Gasteiger partial charge in [-0.2, -0.15) is 0 Å². The quantitative estimate of drug-likeness (QED) is 0.499. The van der Waals surface area contributed by atoms with Crippen molar-refractivity contribution in [3.05, 3.63) is 47.2 Å². The molecule has 0 aliphatic carbocycles. The molecule has 0 unspecified atom stereocenters. The molecule has 3 nitrogen and oxygen atoms in total. The van der Waals surface area contributed by atoms with E-state index in [9.17, 15) is 4.79 Å². The number of hydrogen-bond acceptors (Lipinski definition) is 2. The highest BCUT2D eigenvalue weighted by Gasteiger charge is 2.14. The van der Waals surface area contributed by atoms with Crippen LogP contribution in [0.2, 0.25) is 0 Å². The monoisotopic (exact) mass is 298 g/mol. The predicted octanol–water partition coefficient (Wildman–Crippen LogP) is 3.00. The number of carbonyl (C=O) groups is 1. The van der Waals surface area contributed by atoms with Crippen LogP contribution in [0.3, 0.4) is 0 Å². The zero-order valence-electron chi connectivity index (χ0n) is 9.65. The molecule has 0 saturated carbocycles. The van der Waals surface area contributed by atoms with E-state index in [0.717, 1.165) is 5.56 Å². The van der Waals surface area contributed by atoms with Crippen LogP contribution in [-0.4, -0.2) is 23.0 Å². The number of ether oxygens (including phenoxy) is 1. The van der Waals surface area contributed by atoms with E-state index in [0.29, 0.717) is 18.8 Å². The van der Waals surface area contributed by atoms with Crippen molar-refractivity contribution in [2.24, 2.45) is 0 Å². The Hall–Kier alpha value is -1.29. The van der Waals surface area contributed by atoms with Crippen LogP contribution in [0.5, 0.6) is 0 Å². The van der Waals surface area contributed by atoms with Gasteiger partial charge < -0.3 is 9.84 Å². The first-order chi connectivity index (χ1) is 8.19. The van der Waals surface area contributed by atoms with Gasteiger partial charge in [0.2, 0.25) is 0 Å². The zero-order chi connectivity index (χ0) is 12.7. The third-order valence-electron chi connectivity index (χ3n) is 2.25. The van der Waals surface area contributed by atoms with Crippen LogP contribution in [0.4, 0.5) is 0 Å². The lowest BCUT2D eigenvalue weighted by molar-refractivity contribution is -0.132. The Labute approximate surface area is 109 Å². The molecule has 0 fully saturated rings. The average molecular weight is 299 g/mol. The Kier molecular flexibility index (Phi) is 5.77. The molecule has 1 aromatic carbocycles. The molecule has 1 N–H and O–H groups in total. The molecule has 0 amide bonds. The molecule has 0 bridgehead atoms. The highest BCUT2D eigenvalue weighted by molar-refractivity contribution is 9.09. The van der Waals surface area contributed by atoms with E-state index in [1.54, 1.807) is 0 Å². The van der Waals surface area contributed by atoms with Crippen LogP contribution >= 0.6 is 15.9 Å². The second-order valence-corrected chi connectivity index (χ2v) is 4.00. The maximum atomic E-state index is 11.1. The van der Waals surface area contributed by atoms with Crippen LogP contribution in [-0.2, 0) is 16.0 Å².